The van der Waals surface area contributed by atoms with E-state index in [1.165, 1.54) is 5.56 Å². The van der Waals surface area contributed by atoms with Crippen molar-refractivity contribution in [1.82, 2.24) is 14.5 Å². The maximum absolute atomic E-state index is 13.1. The maximum atomic E-state index is 13.1. The number of ether oxygens (including phenoxy) is 1. The van der Waals surface area contributed by atoms with Crippen molar-refractivity contribution in [3.05, 3.63) is 95.8 Å². The van der Waals surface area contributed by atoms with E-state index in [-0.39, 0.29) is 17.9 Å². The Labute approximate surface area is 213 Å². The van der Waals surface area contributed by atoms with Gasteiger partial charge in [0.15, 0.2) is 0 Å². The molecule has 1 saturated heterocycles. The number of imidazole rings is 1. The van der Waals surface area contributed by atoms with Gasteiger partial charge in [-0.25, -0.2) is 4.98 Å². The van der Waals surface area contributed by atoms with Crippen LogP contribution in [0.4, 0.5) is 0 Å². The summed E-state index contributed by atoms with van der Waals surface area (Å²) in [4.78, 5) is 20.0. The van der Waals surface area contributed by atoms with Crippen LogP contribution in [0.2, 0.25) is 0 Å². The molecule has 36 heavy (non-hydrogen) atoms. The molecule has 3 unspecified atom stereocenters. The molecule has 0 saturated carbocycles. The summed E-state index contributed by atoms with van der Waals surface area (Å²) in [6.07, 6.45) is 1.61. The van der Waals surface area contributed by atoms with Crippen LogP contribution in [0.5, 0.6) is 5.75 Å². The number of hydrogen-bond donors (Lipinski definition) is 0. The smallest absolute Gasteiger partial charge is 0.223 e. The number of amides is 1. The Hall–Kier alpha value is -3.60. The number of para-hydroxylation sites is 2. The first-order valence-corrected chi connectivity index (χ1v) is 13.1. The van der Waals surface area contributed by atoms with Crippen molar-refractivity contribution in [2.45, 2.75) is 58.0 Å². The van der Waals surface area contributed by atoms with Crippen LogP contribution in [0.25, 0.3) is 11.0 Å². The molecule has 5 heteroatoms. The third kappa shape index (κ3) is 4.88. The largest absolute Gasteiger partial charge is 0.492 e. The van der Waals surface area contributed by atoms with E-state index >= 15 is 0 Å². The molecular weight excluding hydrogens is 446 g/mol. The molecule has 3 aromatic carbocycles. The summed E-state index contributed by atoms with van der Waals surface area (Å²) < 4.78 is 8.37. The van der Waals surface area contributed by atoms with Crippen LogP contribution < -0.4 is 4.74 Å². The summed E-state index contributed by atoms with van der Waals surface area (Å²) >= 11 is 0. The fraction of sp³-hybridized carbons (Fsp3) is 0.355. The summed E-state index contributed by atoms with van der Waals surface area (Å²) in [5, 5.41) is 0. The summed E-state index contributed by atoms with van der Waals surface area (Å²) in [7, 11) is 0. The summed E-state index contributed by atoms with van der Waals surface area (Å²) in [5.41, 5.74) is 4.55. The van der Waals surface area contributed by atoms with Gasteiger partial charge in [0.25, 0.3) is 0 Å². The molecule has 1 aromatic heterocycles. The SMILES string of the molecule is CCC(C)c1ccc(OCCn2c(C3CC(=O)N(C(C)c4ccccc4)C3)nc3ccccc32)cc1. The van der Waals surface area contributed by atoms with Crippen LogP contribution in [-0.4, -0.2) is 33.5 Å². The number of nitrogens with zero attached hydrogens (tertiary/aromatic N) is 3. The van der Waals surface area contributed by atoms with Gasteiger partial charge in [0, 0.05) is 18.9 Å². The van der Waals surface area contributed by atoms with E-state index in [9.17, 15) is 4.79 Å². The molecule has 0 aliphatic carbocycles. The van der Waals surface area contributed by atoms with Crippen LogP contribution in [0.15, 0.2) is 78.9 Å². The summed E-state index contributed by atoms with van der Waals surface area (Å²) in [6, 6.07) is 27.0. The molecule has 0 N–H and O–H groups in total. The number of carbonyl (C=O) groups excluding carboxylic acids is 1. The lowest BCUT2D eigenvalue weighted by Gasteiger charge is -2.25. The molecule has 186 valence electrons. The quantitative estimate of drug-likeness (QED) is 0.267. The fourth-order valence-electron chi connectivity index (χ4n) is 5.21. The summed E-state index contributed by atoms with van der Waals surface area (Å²) in [5.74, 6) is 2.66. The van der Waals surface area contributed by atoms with E-state index in [1.807, 2.05) is 41.3 Å². The normalized spacial score (nSPS) is 17.5. The van der Waals surface area contributed by atoms with Crippen LogP contribution in [0.1, 0.15) is 68.4 Å². The predicted molar refractivity (Wildman–Crippen MR) is 144 cm³/mol. The highest BCUT2D eigenvalue weighted by atomic mass is 16.5. The van der Waals surface area contributed by atoms with Gasteiger partial charge in [0.1, 0.15) is 18.2 Å². The zero-order chi connectivity index (χ0) is 25.1. The molecular formula is C31H35N3O2. The molecule has 1 fully saturated rings. The van der Waals surface area contributed by atoms with Gasteiger partial charge in [0.05, 0.1) is 23.6 Å². The van der Waals surface area contributed by atoms with Crippen LogP contribution in [-0.2, 0) is 11.3 Å². The van der Waals surface area contributed by atoms with Crippen molar-refractivity contribution in [2.75, 3.05) is 13.2 Å². The average molecular weight is 482 g/mol. The standard InChI is InChI=1S/C31H35N3O2/c1-4-22(2)24-14-16-27(17-15-24)36-19-18-33-29-13-9-8-12-28(29)32-31(33)26-20-30(35)34(21-26)23(3)25-10-6-5-7-11-25/h5-17,22-23,26H,4,18-21H2,1-3H3. The lowest BCUT2D eigenvalue weighted by Crippen LogP contribution is -2.28. The van der Waals surface area contributed by atoms with Gasteiger partial charge >= 0.3 is 0 Å². The van der Waals surface area contributed by atoms with Gasteiger partial charge in [-0.3, -0.25) is 4.79 Å². The predicted octanol–water partition coefficient (Wildman–Crippen LogP) is 6.71. The Morgan fingerprint density at radius 1 is 0.944 bits per heavy atom. The molecule has 0 radical (unpaired) electrons. The number of carbonyl (C=O) groups is 1. The van der Waals surface area contributed by atoms with E-state index < -0.39 is 0 Å². The number of fused-ring (bicyclic) bond motifs is 1. The van der Waals surface area contributed by atoms with E-state index in [0.717, 1.165) is 34.6 Å². The summed E-state index contributed by atoms with van der Waals surface area (Å²) in [6.45, 7) is 8.47. The molecule has 1 amide bonds. The van der Waals surface area contributed by atoms with Gasteiger partial charge in [-0.05, 0) is 54.7 Å². The van der Waals surface area contributed by atoms with E-state index in [4.69, 9.17) is 9.72 Å². The van der Waals surface area contributed by atoms with Gasteiger partial charge in [-0.15, -0.1) is 0 Å². The van der Waals surface area contributed by atoms with E-state index in [1.54, 1.807) is 0 Å². The van der Waals surface area contributed by atoms with E-state index in [2.05, 4.69) is 67.8 Å². The number of aromatic nitrogens is 2. The monoisotopic (exact) mass is 481 g/mol. The minimum Gasteiger partial charge on any atom is -0.492 e. The number of hydrogen-bond acceptors (Lipinski definition) is 3. The highest BCUT2D eigenvalue weighted by molar-refractivity contribution is 5.81. The van der Waals surface area contributed by atoms with Crippen molar-refractivity contribution < 1.29 is 9.53 Å². The van der Waals surface area contributed by atoms with Crippen molar-refractivity contribution in [1.29, 1.82) is 0 Å². The lowest BCUT2D eigenvalue weighted by atomic mass is 9.99. The molecule has 0 bridgehead atoms. The molecule has 4 aromatic rings. The first kappa shape index (κ1) is 24.1. The Balaban J connectivity index is 1.33. The molecule has 5 nitrogen and oxygen atoms in total. The second-order valence-corrected chi connectivity index (χ2v) is 9.87. The second-order valence-electron chi connectivity index (χ2n) is 9.87. The zero-order valence-corrected chi connectivity index (χ0v) is 21.4. The van der Waals surface area contributed by atoms with Gasteiger partial charge in [-0.2, -0.15) is 0 Å². The van der Waals surface area contributed by atoms with E-state index in [0.29, 0.717) is 32.0 Å². The van der Waals surface area contributed by atoms with Gasteiger partial charge in [0.2, 0.25) is 5.91 Å². The molecule has 3 atom stereocenters. The molecule has 5 rings (SSSR count). The highest BCUT2D eigenvalue weighted by Crippen LogP contribution is 2.35. The fourth-order valence-corrected chi connectivity index (χ4v) is 5.21. The Bertz CT molecular complexity index is 1310. The Kier molecular flexibility index (Phi) is 7.08. The van der Waals surface area contributed by atoms with Crippen molar-refractivity contribution in [3.8, 4) is 5.75 Å². The van der Waals surface area contributed by atoms with Crippen LogP contribution >= 0.6 is 0 Å². The van der Waals surface area contributed by atoms with Crippen LogP contribution in [0.3, 0.4) is 0 Å². The minimum atomic E-state index is 0.0447. The molecule has 1 aliphatic rings. The van der Waals surface area contributed by atoms with Crippen molar-refractivity contribution >= 4 is 16.9 Å². The Morgan fingerprint density at radius 2 is 1.67 bits per heavy atom. The zero-order valence-electron chi connectivity index (χ0n) is 21.4. The van der Waals surface area contributed by atoms with Crippen LogP contribution in [0, 0.1) is 0 Å². The number of rotatable bonds is 9. The first-order valence-electron chi connectivity index (χ1n) is 13.1. The van der Waals surface area contributed by atoms with Gasteiger partial charge in [-0.1, -0.05) is 68.4 Å². The third-order valence-electron chi connectivity index (χ3n) is 7.60. The molecule has 2 heterocycles. The highest BCUT2D eigenvalue weighted by Gasteiger charge is 2.36. The first-order chi connectivity index (χ1) is 17.5. The number of likely N-dealkylation sites (tertiary alicyclic amines) is 1. The minimum absolute atomic E-state index is 0.0447. The van der Waals surface area contributed by atoms with Crippen molar-refractivity contribution in [2.24, 2.45) is 0 Å². The average Bonchev–Trinajstić information content (AvgIpc) is 3.49. The second kappa shape index (κ2) is 10.6. The molecule has 0 spiro atoms. The number of benzene rings is 3. The maximum Gasteiger partial charge on any atom is 0.223 e. The van der Waals surface area contributed by atoms with Crippen molar-refractivity contribution in [3.63, 3.8) is 0 Å². The third-order valence-corrected chi connectivity index (χ3v) is 7.60. The van der Waals surface area contributed by atoms with Gasteiger partial charge < -0.3 is 14.2 Å². The molecule has 1 aliphatic heterocycles. The Morgan fingerprint density at radius 3 is 2.42 bits per heavy atom. The topological polar surface area (TPSA) is 47.4 Å². The lowest BCUT2D eigenvalue weighted by molar-refractivity contribution is -0.129.